The van der Waals surface area contributed by atoms with Gasteiger partial charge in [-0.15, -0.1) is 0 Å². The van der Waals surface area contributed by atoms with Crippen LogP contribution < -0.4 is 10.2 Å². The first kappa shape index (κ1) is 21.0. The SMILES string of the molecule is Cc1cc2oc(-c3ccccc3)c(OCC(=O)c3cccc([N+](=O)[O-])c3)c(=O)c2cc1C. The fourth-order valence-electron chi connectivity index (χ4n) is 3.36. The molecule has 7 heteroatoms. The molecule has 0 amide bonds. The fraction of sp³-hybridized carbons (Fsp3) is 0.120. The zero-order valence-corrected chi connectivity index (χ0v) is 17.5. The minimum atomic E-state index is -0.576. The normalized spacial score (nSPS) is 10.8. The summed E-state index contributed by atoms with van der Waals surface area (Å²) in [6.45, 7) is 3.35. The number of rotatable bonds is 6. The van der Waals surface area contributed by atoms with E-state index < -0.39 is 17.3 Å². The van der Waals surface area contributed by atoms with Gasteiger partial charge in [0, 0.05) is 23.3 Å². The highest BCUT2D eigenvalue weighted by atomic mass is 16.6. The van der Waals surface area contributed by atoms with E-state index in [0.29, 0.717) is 16.5 Å². The zero-order valence-electron chi connectivity index (χ0n) is 17.5. The third-order valence-electron chi connectivity index (χ3n) is 5.23. The van der Waals surface area contributed by atoms with E-state index in [2.05, 4.69) is 0 Å². The molecule has 0 saturated carbocycles. The summed E-state index contributed by atoms with van der Waals surface area (Å²) in [6.07, 6.45) is 0. The van der Waals surface area contributed by atoms with Gasteiger partial charge < -0.3 is 9.15 Å². The highest BCUT2D eigenvalue weighted by molar-refractivity contribution is 5.98. The summed E-state index contributed by atoms with van der Waals surface area (Å²) in [7, 11) is 0. The number of Topliss-reactive ketones (excluding diaryl/α,β-unsaturated/α-hetero) is 1. The number of carbonyl (C=O) groups excluding carboxylic acids is 1. The van der Waals surface area contributed by atoms with Crippen LogP contribution in [0.2, 0.25) is 0 Å². The van der Waals surface area contributed by atoms with Crippen LogP contribution in [-0.2, 0) is 0 Å². The van der Waals surface area contributed by atoms with Gasteiger partial charge in [-0.1, -0.05) is 42.5 Å². The lowest BCUT2D eigenvalue weighted by atomic mass is 10.0. The number of ketones is 1. The zero-order chi connectivity index (χ0) is 22.8. The van der Waals surface area contributed by atoms with Crippen LogP contribution in [-0.4, -0.2) is 17.3 Å². The lowest BCUT2D eigenvalue weighted by Crippen LogP contribution is -2.17. The second kappa shape index (κ2) is 8.47. The van der Waals surface area contributed by atoms with Crippen molar-refractivity contribution in [3.8, 4) is 17.1 Å². The van der Waals surface area contributed by atoms with Crippen molar-refractivity contribution in [1.29, 1.82) is 0 Å². The summed E-state index contributed by atoms with van der Waals surface area (Å²) in [5.74, 6) is -0.351. The quantitative estimate of drug-likeness (QED) is 0.236. The Bertz CT molecular complexity index is 1410. The number of aryl methyl sites for hydroxylation is 2. The number of nitro benzene ring substituents is 1. The second-order valence-corrected chi connectivity index (χ2v) is 7.41. The van der Waals surface area contributed by atoms with Gasteiger partial charge in [0.05, 0.1) is 10.3 Å². The molecule has 7 nitrogen and oxygen atoms in total. The van der Waals surface area contributed by atoms with Crippen LogP contribution in [0, 0.1) is 24.0 Å². The second-order valence-electron chi connectivity index (χ2n) is 7.41. The molecule has 1 heterocycles. The van der Waals surface area contributed by atoms with Gasteiger partial charge in [-0.2, -0.15) is 0 Å². The van der Waals surface area contributed by atoms with Gasteiger partial charge in [-0.05, 0) is 37.1 Å². The van der Waals surface area contributed by atoms with Crippen molar-refractivity contribution in [3.63, 3.8) is 0 Å². The van der Waals surface area contributed by atoms with Crippen molar-refractivity contribution >= 4 is 22.4 Å². The lowest BCUT2D eigenvalue weighted by Gasteiger charge is -2.12. The molecule has 0 spiro atoms. The molecule has 0 N–H and O–H groups in total. The molecule has 1 aromatic heterocycles. The minimum Gasteiger partial charge on any atom is -0.478 e. The maximum absolute atomic E-state index is 13.3. The summed E-state index contributed by atoms with van der Waals surface area (Å²) in [5.41, 5.74) is 2.50. The summed E-state index contributed by atoms with van der Waals surface area (Å²) < 4.78 is 11.8. The molecular formula is C25H19NO6. The Morgan fingerprint density at radius 2 is 1.72 bits per heavy atom. The van der Waals surface area contributed by atoms with Crippen molar-refractivity contribution in [3.05, 3.63) is 104 Å². The van der Waals surface area contributed by atoms with Crippen molar-refractivity contribution in [2.24, 2.45) is 0 Å². The maximum atomic E-state index is 13.3. The van der Waals surface area contributed by atoms with E-state index in [1.165, 1.54) is 24.3 Å². The summed E-state index contributed by atoms with van der Waals surface area (Å²) >= 11 is 0. The van der Waals surface area contributed by atoms with Gasteiger partial charge in [-0.3, -0.25) is 19.7 Å². The Morgan fingerprint density at radius 3 is 2.44 bits per heavy atom. The first-order chi connectivity index (χ1) is 15.3. The molecular weight excluding hydrogens is 410 g/mol. The van der Waals surface area contributed by atoms with Gasteiger partial charge >= 0.3 is 0 Å². The molecule has 0 saturated heterocycles. The summed E-state index contributed by atoms with van der Waals surface area (Å²) in [5, 5.41) is 11.3. The monoisotopic (exact) mass is 429 g/mol. The van der Waals surface area contributed by atoms with E-state index in [9.17, 15) is 19.7 Å². The van der Waals surface area contributed by atoms with Crippen molar-refractivity contribution in [2.75, 3.05) is 6.61 Å². The predicted molar refractivity (Wildman–Crippen MR) is 120 cm³/mol. The summed E-state index contributed by atoms with van der Waals surface area (Å²) in [4.78, 5) is 36.3. The van der Waals surface area contributed by atoms with Crippen LogP contribution >= 0.6 is 0 Å². The third-order valence-corrected chi connectivity index (χ3v) is 5.23. The smallest absolute Gasteiger partial charge is 0.270 e. The van der Waals surface area contributed by atoms with Crippen LogP contribution in [0.5, 0.6) is 5.75 Å². The molecule has 0 unspecified atom stereocenters. The molecule has 4 aromatic rings. The predicted octanol–water partition coefficient (Wildman–Crippen LogP) is 5.25. The molecule has 0 aliphatic heterocycles. The molecule has 3 aromatic carbocycles. The molecule has 0 aliphatic carbocycles. The number of benzene rings is 3. The highest BCUT2D eigenvalue weighted by Gasteiger charge is 2.20. The van der Waals surface area contributed by atoms with Gasteiger partial charge in [0.15, 0.2) is 18.2 Å². The van der Waals surface area contributed by atoms with Crippen LogP contribution in [0.1, 0.15) is 21.5 Å². The average Bonchev–Trinajstić information content (AvgIpc) is 2.80. The number of carbonyl (C=O) groups is 1. The standard InChI is InChI=1S/C25H19NO6/c1-15-11-20-22(12-16(15)2)32-24(17-7-4-3-5-8-17)25(23(20)28)31-14-21(27)18-9-6-10-19(13-18)26(29)30/h3-13H,14H2,1-2H3. The van der Waals surface area contributed by atoms with E-state index >= 15 is 0 Å². The van der Waals surface area contributed by atoms with E-state index in [-0.39, 0.29) is 28.2 Å². The molecule has 0 fully saturated rings. The minimum absolute atomic E-state index is 0.0780. The molecule has 0 atom stereocenters. The van der Waals surface area contributed by atoms with E-state index in [1.807, 2.05) is 19.9 Å². The number of fused-ring (bicyclic) bond motifs is 1. The summed E-state index contributed by atoms with van der Waals surface area (Å²) in [6, 6.07) is 17.9. The third kappa shape index (κ3) is 4.00. The van der Waals surface area contributed by atoms with Crippen LogP contribution in [0.3, 0.4) is 0 Å². The van der Waals surface area contributed by atoms with Gasteiger partial charge in [0.25, 0.3) is 5.69 Å². The number of hydrogen-bond acceptors (Lipinski definition) is 6. The van der Waals surface area contributed by atoms with E-state index in [0.717, 1.165) is 11.1 Å². The van der Waals surface area contributed by atoms with E-state index in [4.69, 9.17) is 9.15 Å². The molecule has 32 heavy (non-hydrogen) atoms. The Hall–Kier alpha value is -4.26. The largest absolute Gasteiger partial charge is 0.478 e. The fourth-order valence-corrected chi connectivity index (χ4v) is 3.36. The van der Waals surface area contributed by atoms with Crippen molar-refractivity contribution < 1.29 is 18.9 Å². The Kier molecular flexibility index (Phi) is 5.55. The number of non-ortho nitro benzene ring substituents is 1. The van der Waals surface area contributed by atoms with Crippen molar-refractivity contribution in [1.82, 2.24) is 0 Å². The van der Waals surface area contributed by atoms with Crippen LogP contribution in [0.25, 0.3) is 22.3 Å². The highest BCUT2D eigenvalue weighted by Crippen LogP contribution is 2.32. The topological polar surface area (TPSA) is 99.7 Å². The van der Waals surface area contributed by atoms with Gasteiger partial charge in [-0.25, -0.2) is 0 Å². The van der Waals surface area contributed by atoms with Crippen LogP contribution in [0.4, 0.5) is 5.69 Å². The lowest BCUT2D eigenvalue weighted by molar-refractivity contribution is -0.384. The number of nitro groups is 1. The Morgan fingerprint density at radius 1 is 1.00 bits per heavy atom. The first-order valence-electron chi connectivity index (χ1n) is 9.89. The van der Waals surface area contributed by atoms with Crippen LogP contribution in [0.15, 0.2) is 75.9 Å². The molecule has 160 valence electrons. The number of ether oxygens (including phenoxy) is 1. The Balaban J connectivity index is 1.77. The van der Waals surface area contributed by atoms with Crippen molar-refractivity contribution in [2.45, 2.75) is 13.8 Å². The number of hydrogen-bond donors (Lipinski definition) is 0. The molecule has 0 radical (unpaired) electrons. The average molecular weight is 429 g/mol. The van der Waals surface area contributed by atoms with E-state index in [1.54, 1.807) is 36.4 Å². The molecule has 0 bridgehead atoms. The maximum Gasteiger partial charge on any atom is 0.270 e. The van der Waals surface area contributed by atoms with Gasteiger partial charge in [0.2, 0.25) is 11.2 Å². The molecule has 4 rings (SSSR count). The Labute approximate surface area is 183 Å². The molecule has 0 aliphatic rings. The first-order valence-corrected chi connectivity index (χ1v) is 9.89. The number of nitrogens with zero attached hydrogens (tertiary/aromatic N) is 1. The van der Waals surface area contributed by atoms with Gasteiger partial charge in [0.1, 0.15) is 5.58 Å².